The van der Waals surface area contributed by atoms with Gasteiger partial charge < -0.3 is 14.9 Å². The van der Waals surface area contributed by atoms with E-state index in [1.807, 2.05) is 19.1 Å². The van der Waals surface area contributed by atoms with Gasteiger partial charge in [-0.25, -0.2) is 0 Å². The van der Waals surface area contributed by atoms with Crippen molar-refractivity contribution in [2.24, 2.45) is 0 Å². The van der Waals surface area contributed by atoms with Crippen LogP contribution in [0.2, 0.25) is 0 Å². The van der Waals surface area contributed by atoms with Crippen LogP contribution in [0.4, 0.5) is 0 Å². The molecule has 0 aliphatic heterocycles. The number of phenols is 1. The van der Waals surface area contributed by atoms with Crippen molar-refractivity contribution in [1.29, 1.82) is 0 Å². The third kappa shape index (κ3) is 21.3. The monoisotopic (exact) mass is 605 g/mol. The SMILES string of the molecule is CC(C)(C)c1cc(CCC(=O)O)c(O)c(C(C)(C)C)c1.CCCCCCCCCCCCCCCCCCOC(=O)CC. The number of carbonyl (C=O) groups is 2. The van der Waals surface area contributed by atoms with Crippen LogP contribution in [0, 0.1) is 0 Å². The number of ether oxygens (including phenoxy) is 1. The van der Waals surface area contributed by atoms with Gasteiger partial charge in [0.1, 0.15) is 5.75 Å². The van der Waals surface area contributed by atoms with Crippen LogP contribution in [0.15, 0.2) is 12.1 Å². The molecule has 0 aliphatic rings. The number of rotatable bonds is 21. The highest BCUT2D eigenvalue weighted by atomic mass is 16.5. The molecule has 0 amide bonds. The lowest BCUT2D eigenvalue weighted by molar-refractivity contribution is -0.143. The number of aryl methyl sites for hydroxylation is 1. The van der Waals surface area contributed by atoms with E-state index in [4.69, 9.17) is 9.84 Å². The third-order valence-electron chi connectivity index (χ3n) is 8.02. The van der Waals surface area contributed by atoms with E-state index in [1.165, 1.54) is 96.3 Å². The summed E-state index contributed by atoms with van der Waals surface area (Å²) in [5.41, 5.74) is 2.52. The molecular formula is C38H68O5. The molecule has 0 aliphatic carbocycles. The fraction of sp³-hybridized carbons (Fsp3) is 0.789. The molecule has 1 aromatic rings. The lowest BCUT2D eigenvalue weighted by Crippen LogP contribution is -2.17. The van der Waals surface area contributed by atoms with Crippen LogP contribution in [0.1, 0.15) is 188 Å². The fourth-order valence-corrected chi connectivity index (χ4v) is 5.07. The molecule has 43 heavy (non-hydrogen) atoms. The van der Waals surface area contributed by atoms with Crippen molar-refractivity contribution in [2.75, 3.05) is 6.61 Å². The van der Waals surface area contributed by atoms with E-state index >= 15 is 0 Å². The Hall–Kier alpha value is -2.04. The minimum Gasteiger partial charge on any atom is -0.507 e. The van der Waals surface area contributed by atoms with Gasteiger partial charge in [0.15, 0.2) is 0 Å². The molecule has 0 saturated carbocycles. The van der Waals surface area contributed by atoms with Gasteiger partial charge in [-0.05, 0) is 40.4 Å². The van der Waals surface area contributed by atoms with E-state index in [0.29, 0.717) is 19.4 Å². The van der Waals surface area contributed by atoms with Crippen LogP contribution in [-0.4, -0.2) is 28.8 Å². The molecule has 0 heterocycles. The number of carbonyl (C=O) groups excluding carboxylic acids is 1. The summed E-state index contributed by atoms with van der Waals surface area (Å²) >= 11 is 0. The predicted molar refractivity (Wildman–Crippen MR) is 182 cm³/mol. The number of carboxylic acid groups (broad SMARTS) is 1. The van der Waals surface area contributed by atoms with E-state index in [-0.39, 0.29) is 29.0 Å². The van der Waals surface area contributed by atoms with Crippen LogP contribution >= 0.6 is 0 Å². The minimum absolute atomic E-state index is 0.0325. The number of phenolic OH excluding ortho intramolecular Hbond substituents is 1. The van der Waals surface area contributed by atoms with E-state index in [9.17, 15) is 14.7 Å². The van der Waals surface area contributed by atoms with Crippen molar-refractivity contribution in [3.63, 3.8) is 0 Å². The Bertz CT molecular complexity index is 876. The Morgan fingerprint density at radius 2 is 1.12 bits per heavy atom. The highest BCUT2D eigenvalue weighted by molar-refractivity contribution is 5.68. The van der Waals surface area contributed by atoms with E-state index in [0.717, 1.165) is 23.1 Å². The zero-order chi connectivity index (χ0) is 32.7. The molecular weight excluding hydrogens is 536 g/mol. The second-order valence-corrected chi connectivity index (χ2v) is 14.3. The van der Waals surface area contributed by atoms with Crippen LogP contribution in [0.3, 0.4) is 0 Å². The van der Waals surface area contributed by atoms with Gasteiger partial charge in [0, 0.05) is 12.8 Å². The molecule has 250 valence electrons. The molecule has 0 saturated heterocycles. The van der Waals surface area contributed by atoms with Gasteiger partial charge >= 0.3 is 11.9 Å². The van der Waals surface area contributed by atoms with Crippen LogP contribution in [0.5, 0.6) is 5.75 Å². The number of hydrogen-bond acceptors (Lipinski definition) is 4. The van der Waals surface area contributed by atoms with Gasteiger partial charge in [-0.1, -0.05) is 164 Å². The van der Waals surface area contributed by atoms with Crippen molar-refractivity contribution in [2.45, 2.75) is 188 Å². The molecule has 2 N–H and O–H groups in total. The molecule has 0 atom stereocenters. The Morgan fingerprint density at radius 1 is 0.674 bits per heavy atom. The van der Waals surface area contributed by atoms with Crippen LogP contribution in [-0.2, 0) is 31.6 Å². The molecule has 0 bridgehead atoms. The zero-order valence-electron chi connectivity index (χ0n) is 29.4. The highest BCUT2D eigenvalue weighted by Crippen LogP contribution is 2.38. The molecule has 0 radical (unpaired) electrons. The topological polar surface area (TPSA) is 83.8 Å². The molecule has 0 aromatic heterocycles. The first kappa shape index (κ1) is 41.0. The Labute approximate surface area is 265 Å². The lowest BCUT2D eigenvalue weighted by Gasteiger charge is -2.27. The van der Waals surface area contributed by atoms with Gasteiger partial charge in [-0.15, -0.1) is 0 Å². The first-order chi connectivity index (χ1) is 20.2. The van der Waals surface area contributed by atoms with Crippen LogP contribution < -0.4 is 0 Å². The molecule has 0 spiro atoms. The van der Waals surface area contributed by atoms with Gasteiger partial charge in [0.05, 0.1) is 6.61 Å². The highest BCUT2D eigenvalue weighted by Gasteiger charge is 2.25. The third-order valence-corrected chi connectivity index (χ3v) is 8.02. The fourth-order valence-electron chi connectivity index (χ4n) is 5.07. The smallest absolute Gasteiger partial charge is 0.305 e. The number of benzene rings is 1. The van der Waals surface area contributed by atoms with E-state index in [2.05, 4.69) is 48.5 Å². The summed E-state index contributed by atoms with van der Waals surface area (Å²) in [4.78, 5) is 21.7. The van der Waals surface area contributed by atoms with Crippen LogP contribution in [0.25, 0.3) is 0 Å². The maximum atomic E-state index is 10.9. The predicted octanol–water partition coefficient (Wildman–Crippen LogP) is 11.2. The normalized spacial score (nSPS) is 11.6. The standard InChI is InChI=1S/C21H42O2.C17H26O3/c1-3-5-6-7-8-9-10-11-12-13-14-15-16-17-18-19-20-23-21(22)4-2;1-16(2,3)12-9-11(7-8-14(18)19)15(20)13(10-12)17(4,5)6/h3-20H2,1-2H3;9-10,20H,7-8H2,1-6H3,(H,18,19). The zero-order valence-corrected chi connectivity index (χ0v) is 29.4. The minimum atomic E-state index is -0.845. The first-order valence-electron chi connectivity index (χ1n) is 17.5. The Kier molecular flexibility index (Phi) is 22.2. The van der Waals surface area contributed by atoms with Gasteiger partial charge in [0.2, 0.25) is 0 Å². The molecule has 0 fully saturated rings. The lowest BCUT2D eigenvalue weighted by atomic mass is 9.78. The summed E-state index contributed by atoms with van der Waals surface area (Å²) in [7, 11) is 0. The summed E-state index contributed by atoms with van der Waals surface area (Å²) in [5.74, 6) is -0.666. The summed E-state index contributed by atoms with van der Waals surface area (Å²) in [6.45, 7) is 17.2. The molecule has 1 rings (SSSR count). The van der Waals surface area contributed by atoms with Crippen molar-refractivity contribution >= 4 is 11.9 Å². The molecule has 5 nitrogen and oxygen atoms in total. The van der Waals surface area contributed by atoms with Gasteiger partial charge in [-0.3, -0.25) is 9.59 Å². The number of unbranched alkanes of at least 4 members (excludes halogenated alkanes) is 15. The van der Waals surface area contributed by atoms with Gasteiger partial charge in [-0.2, -0.15) is 0 Å². The number of hydrogen-bond donors (Lipinski definition) is 2. The van der Waals surface area contributed by atoms with Crippen molar-refractivity contribution in [3.05, 3.63) is 28.8 Å². The second kappa shape index (κ2) is 23.4. The molecule has 1 aromatic carbocycles. The van der Waals surface area contributed by atoms with E-state index in [1.54, 1.807) is 0 Å². The second-order valence-electron chi connectivity index (χ2n) is 14.3. The average molecular weight is 605 g/mol. The number of carboxylic acids is 1. The quantitative estimate of drug-likeness (QED) is 0.108. The largest absolute Gasteiger partial charge is 0.507 e. The summed E-state index contributed by atoms with van der Waals surface area (Å²) in [6, 6.07) is 3.98. The van der Waals surface area contributed by atoms with Gasteiger partial charge in [0.25, 0.3) is 0 Å². The average Bonchev–Trinajstić information content (AvgIpc) is 2.93. The first-order valence-corrected chi connectivity index (χ1v) is 17.5. The molecule has 5 heteroatoms. The van der Waals surface area contributed by atoms with Crippen molar-refractivity contribution < 1.29 is 24.5 Å². The molecule has 0 unspecified atom stereocenters. The summed E-state index contributed by atoms with van der Waals surface area (Å²) in [6.07, 6.45) is 22.9. The van der Waals surface area contributed by atoms with E-state index < -0.39 is 5.97 Å². The van der Waals surface area contributed by atoms with Crippen molar-refractivity contribution in [3.8, 4) is 5.75 Å². The maximum absolute atomic E-state index is 10.9. The number of esters is 1. The Balaban J connectivity index is 0.000000827. The summed E-state index contributed by atoms with van der Waals surface area (Å²) in [5, 5.41) is 19.3. The van der Waals surface area contributed by atoms with Crippen molar-refractivity contribution in [1.82, 2.24) is 0 Å². The Morgan fingerprint density at radius 3 is 1.49 bits per heavy atom. The number of aliphatic carboxylic acids is 1. The summed E-state index contributed by atoms with van der Waals surface area (Å²) < 4.78 is 5.07. The number of aromatic hydroxyl groups is 1. The maximum Gasteiger partial charge on any atom is 0.305 e.